The highest BCUT2D eigenvalue weighted by molar-refractivity contribution is 6.18. The minimum Gasteiger partial charge on any atom is -0.462 e. The smallest absolute Gasteiger partial charge is 0.412 e. The number of aromatic nitrogens is 3. The van der Waals surface area contributed by atoms with Crippen molar-refractivity contribution < 1.29 is 33.0 Å². The molecule has 196 valence electrons. The number of pyridine rings is 1. The van der Waals surface area contributed by atoms with Crippen molar-refractivity contribution in [3.8, 4) is 0 Å². The van der Waals surface area contributed by atoms with Crippen molar-refractivity contribution in [1.29, 1.82) is 0 Å². The molecule has 4 rings (SSSR count). The van der Waals surface area contributed by atoms with Gasteiger partial charge in [0.15, 0.2) is 6.23 Å². The Kier molecular flexibility index (Phi) is 7.53. The fraction of sp³-hybridized carbons (Fsp3) is 0.423. The Morgan fingerprint density at radius 3 is 2.68 bits per heavy atom. The molecule has 2 aromatic heterocycles. The first-order valence-electron chi connectivity index (χ1n) is 12.1. The number of anilines is 1. The Labute approximate surface area is 213 Å². The maximum Gasteiger partial charge on any atom is 0.412 e. The van der Waals surface area contributed by atoms with E-state index in [1.807, 2.05) is 0 Å². The third kappa shape index (κ3) is 5.77. The maximum atomic E-state index is 14.9. The zero-order valence-electron chi connectivity index (χ0n) is 21.2. The Balaban J connectivity index is 1.76. The van der Waals surface area contributed by atoms with Crippen molar-refractivity contribution >= 4 is 34.4 Å². The number of carbonyl (C=O) groups excluding carboxylic acids is 3. The molecule has 1 atom stereocenters. The number of hydrogen-bond acceptors (Lipinski definition) is 8. The average Bonchev–Trinajstić information content (AvgIpc) is 3.29. The highest BCUT2D eigenvalue weighted by atomic mass is 19.1. The quantitative estimate of drug-likeness (QED) is 0.361. The van der Waals surface area contributed by atoms with Gasteiger partial charge in [-0.25, -0.2) is 23.6 Å². The number of benzene rings is 1. The number of fused-ring (bicyclic) bond motifs is 1. The SMILES string of the molecule is CCOC(=O)c1cnc(C(=O)c2ccc(F)c3c2cnn3C2CCCCO2)c(NC(=O)OC(C)(C)C)c1. The van der Waals surface area contributed by atoms with E-state index >= 15 is 0 Å². The van der Waals surface area contributed by atoms with Crippen LogP contribution >= 0.6 is 0 Å². The van der Waals surface area contributed by atoms with Gasteiger partial charge in [0.1, 0.15) is 22.6 Å². The standard InChI is InChI=1S/C26H29FN4O6/c1-5-35-24(33)15-12-19(30-25(34)37-26(2,3)4)21(28-13-15)23(32)16-9-10-18(27)22-17(16)14-29-31(22)20-8-6-7-11-36-20/h9-10,12-14,20H,5-8,11H2,1-4H3,(H,30,34). The molecule has 1 saturated heterocycles. The van der Waals surface area contributed by atoms with Crippen LogP contribution in [0.15, 0.2) is 30.6 Å². The number of ether oxygens (including phenoxy) is 3. The highest BCUT2D eigenvalue weighted by Gasteiger charge is 2.27. The fourth-order valence-corrected chi connectivity index (χ4v) is 4.06. The summed E-state index contributed by atoms with van der Waals surface area (Å²) in [5.74, 6) is -1.81. The number of carbonyl (C=O) groups is 3. The predicted octanol–water partition coefficient (Wildman–Crippen LogP) is 5.02. The van der Waals surface area contributed by atoms with Crippen molar-refractivity contribution in [2.45, 2.75) is 58.8 Å². The number of nitrogens with zero attached hydrogens (tertiary/aromatic N) is 3. The lowest BCUT2D eigenvalue weighted by Crippen LogP contribution is -2.28. The molecule has 0 saturated carbocycles. The number of rotatable bonds is 6. The molecular weight excluding hydrogens is 483 g/mol. The lowest BCUT2D eigenvalue weighted by Gasteiger charge is -2.23. The second kappa shape index (κ2) is 10.6. The molecule has 10 nitrogen and oxygen atoms in total. The van der Waals surface area contributed by atoms with Gasteiger partial charge in [0.05, 0.1) is 24.1 Å². The van der Waals surface area contributed by atoms with Crippen LogP contribution in [0.4, 0.5) is 14.9 Å². The fourth-order valence-electron chi connectivity index (χ4n) is 4.06. The molecule has 1 aromatic carbocycles. The van der Waals surface area contributed by atoms with Crippen LogP contribution in [0.2, 0.25) is 0 Å². The van der Waals surface area contributed by atoms with Gasteiger partial charge in [-0.15, -0.1) is 0 Å². The summed E-state index contributed by atoms with van der Waals surface area (Å²) in [6.45, 7) is 7.40. The van der Waals surface area contributed by atoms with Crippen molar-refractivity contribution in [3.63, 3.8) is 0 Å². The minimum atomic E-state index is -0.837. The van der Waals surface area contributed by atoms with Gasteiger partial charge in [0.25, 0.3) is 0 Å². The van der Waals surface area contributed by atoms with Crippen LogP contribution in [0.1, 0.15) is 79.6 Å². The molecule has 1 unspecified atom stereocenters. The van der Waals surface area contributed by atoms with Crippen molar-refractivity contribution in [2.24, 2.45) is 0 Å². The summed E-state index contributed by atoms with van der Waals surface area (Å²) >= 11 is 0. The number of esters is 1. The zero-order valence-corrected chi connectivity index (χ0v) is 21.2. The molecule has 11 heteroatoms. The molecule has 37 heavy (non-hydrogen) atoms. The van der Waals surface area contributed by atoms with Crippen LogP contribution in [0.3, 0.4) is 0 Å². The van der Waals surface area contributed by atoms with Crippen LogP contribution in [0.25, 0.3) is 10.9 Å². The number of amides is 1. The molecule has 1 aliphatic heterocycles. The second-order valence-electron chi connectivity index (χ2n) is 9.56. The van der Waals surface area contributed by atoms with Gasteiger partial charge >= 0.3 is 12.1 Å². The average molecular weight is 513 g/mol. The summed E-state index contributed by atoms with van der Waals surface area (Å²) in [6.07, 6.45) is 3.84. The maximum absolute atomic E-state index is 14.9. The van der Waals surface area contributed by atoms with Crippen molar-refractivity contribution in [1.82, 2.24) is 14.8 Å². The van der Waals surface area contributed by atoms with E-state index < -0.39 is 35.5 Å². The van der Waals surface area contributed by atoms with Gasteiger partial charge in [-0.1, -0.05) is 0 Å². The van der Waals surface area contributed by atoms with Crippen LogP contribution in [-0.2, 0) is 14.2 Å². The second-order valence-corrected chi connectivity index (χ2v) is 9.56. The molecule has 0 aliphatic carbocycles. The summed E-state index contributed by atoms with van der Waals surface area (Å²) in [4.78, 5) is 42.6. The Bertz CT molecular complexity index is 1340. The first-order chi connectivity index (χ1) is 17.6. The Morgan fingerprint density at radius 1 is 1.22 bits per heavy atom. The van der Waals surface area contributed by atoms with Gasteiger partial charge in [-0.05, 0) is 65.2 Å². The molecule has 1 fully saturated rings. The monoisotopic (exact) mass is 512 g/mol. The lowest BCUT2D eigenvalue weighted by atomic mass is 10.0. The van der Waals surface area contributed by atoms with Crippen molar-refractivity contribution in [2.75, 3.05) is 18.5 Å². The molecule has 1 aliphatic rings. The molecule has 1 amide bonds. The summed E-state index contributed by atoms with van der Waals surface area (Å²) in [5.41, 5.74) is -0.710. The predicted molar refractivity (Wildman–Crippen MR) is 132 cm³/mol. The van der Waals surface area contributed by atoms with E-state index in [0.717, 1.165) is 12.8 Å². The van der Waals surface area contributed by atoms with E-state index in [1.165, 1.54) is 35.3 Å². The van der Waals surface area contributed by atoms with E-state index in [1.54, 1.807) is 27.7 Å². The van der Waals surface area contributed by atoms with Gasteiger partial charge in [-0.2, -0.15) is 5.10 Å². The van der Waals surface area contributed by atoms with E-state index in [2.05, 4.69) is 15.4 Å². The highest BCUT2D eigenvalue weighted by Crippen LogP contribution is 2.31. The molecular formula is C26H29FN4O6. The van der Waals surface area contributed by atoms with E-state index in [0.29, 0.717) is 13.0 Å². The van der Waals surface area contributed by atoms with Crippen molar-refractivity contribution in [3.05, 3.63) is 53.2 Å². The summed E-state index contributed by atoms with van der Waals surface area (Å²) < 4.78 is 32.5. The van der Waals surface area contributed by atoms with Crippen LogP contribution < -0.4 is 5.32 Å². The number of nitrogens with one attached hydrogen (secondary N) is 1. The van der Waals surface area contributed by atoms with Crippen LogP contribution in [0, 0.1) is 5.82 Å². The third-order valence-electron chi connectivity index (χ3n) is 5.63. The van der Waals surface area contributed by atoms with Gasteiger partial charge in [-0.3, -0.25) is 10.1 Å². The van der Waals surface area contributed by atoms with E-state index in [9.17, 15) is 18.8 Å². The zero-order chi connectivity index (χ0) is 26.7. The third-order valence-corrected chi connectivity index (χ3v) is 5.63. The Hall–Kier alpha value is -3.86. The number of halogens is 1. The topological polar surface area (TPSA) is 122 Å². The minimum absolute atomic E-state index is 0.0379. The molecule has 3 heterocycles. The molecule has 0 bridgehead atoms. The van der Waals surface area contributed by atoms with Crippen LogP contribution in [0.5, 0.6) is 0 Å². The number of ketones is 1. The number of hydrogen-bond donors (Lipinski definition) is 1. The normalized spacial score (nSPS) is 15.9. The largest absolute Gasteiger partial charge is 0.462 e. The summed E-state index contributed by atoms with van der Waals surface area (Å²) in [5, 5.41) is 7.09. The van der Waals surface area contributed by atoms with Gasteiger partial charge in [0, 0.05) is 23.8 Å². The van der Waals surface area contributed by atoms with Crippen LogP contribution in [-0.4, -0.2) is 51.4 Å². The van der Waals surface area contributed by atoms with E-state index in [4.69, 9.17) is 14.2 Å². The lowest BCUT2D eigenvalue weighted by molar-refractivity contribution is -0.0369. The van der Waals surface area contributed by atoms with Gasteiger partial charge in [0.2, 0.25) is 5.78 Å². The molecule has 1 N–H and O–H groups in total. The first kappa shape index (κ1) is 26.2. The van der Waals surface area contributed by atoms with E-state index in [-0.39, 0.29) is 40.0 Å². The Morgan fingerprint density at radius 2 is 2.00 bits per heavy atom. The summed E-state index contributed by atoms with van der Waals surface area (Å²) in [7, 11) is 0. The molecule has 3 aromatic rings. The molecule has 0 spiro atoms. The summed E-state index contributed by atoms with van der Waals surface area (Å²) in [6, 6.07) is 3.82. The first-order valence-corrected chi connectivity index (χ1v) is 12.1. The molecule has 0 radical (unpaired) electrons. The van der Waals surface area contributed by atoms with Gasteiger partial charge < -0.3 is 14.2 Å².